The van der Waals surface area contributed by atoms with Crippen molar-refractivity contribution in [1.29, 1.82) is 0 Å². The monoisotopic (exact) mass is 277 g/mol. The van der Waals surface area contributed by atoms with Crippen LogP contribution in [0.15, 0.2) is 35.3 Å². The van der Waals surface area contributed by atoms with Gasteiger partial charge in [0.2, 0.25) is 0 Å². The minimum Gasteiger partial charge on any atom is -0.380 e. The van der Waals surface area contributed by atoms with Crippen molar-refractivity contribution in [3.8, 4) is 0 Å². The van der Waals surface area contributed by atoms with Crippen molar-refractivity contribution in [1.82, 2.24) is 10.2 Å². The summed E-state index contributed by atoms with van der Waals surface area (Å²) in [7, 11) is 3.85. The van der Waals surface area contributed by atoms with E-state index >= 15 is 0 Å². The topological polar surface area (TPSA) is 36.9 Å². The van der Waals surface area contributed by atoms with E-state index < -0.39 is 0 Å². The van der Waals surface area contributed by atoms with E-state index in [1.54, 1.807) is 0 Å². The second kappa shape index (κ2) is 10.3. The second-order valence-corrected chi connectivity index (χ2v) is 4.78. The first-order valence-corrected chi connectivity index (χ1v) is 7.31. The molecule has 0 atom stereocenters. The highest BCUT2D eigenvalue weighted by Gasteiger charge is 2.05. The predicted molar refractivity (Wildman–Crippen MR) is 85.0 cm³/mol. The first-order valence-electron chi connectivity index (χ1n) is 7.31. The summed E-state index contributed by atoms with van der Waals surface area (Å²) in [6.45, 7) is 5.36. The summed E-state index contributed by atoms with van der Waals surface area (Å²) in [5.41, 5.74) is 1.28. The lowest BCUT2D eigenvalue weighted by molar-refractivity contribution is 0.135. The second-order valence-electron chi connectivity index (χ2n) is 4.78. The van der Waals surface area contributed by atoms with E-state index in [4.69, 9.17) is 4.74 Å². The van der Waals surface area contributed by atoms with Crippen molar-refractivity contribution in [2.24, 2.45) is 4.99 Å². The Bertz CT molecular complexity index is 379. The molecule has 0 heterocycles. The van der Waals surface area contributed by atoms with Gasteiger partial charge >= 0.3 is 0 Å². The lowest BCUT2D eigenvalue weighted by atomic mass is 10.2. The molecular weight excluding hydrogens is 250 g/mol. The van der Waals surface area contributed by atoms with Gasteiger partial charge in [0, 0.05) is 33.8 Å². The molecule has 20 heavy (non-hydrogen) atoms. The fraction of sp³-hybridized carbons (Fsp3) is 0.562. The number of guanidine groups is 1. The number of aliphatic imine (C=N–C) groups is 1. The van der Waals surface area contributed by atoms with Crippen LogP contribution in [0.3, 0.4) is 0 Å². The number of benzene rings is 1. The van der Waals surface area contributed by atoms with Crippen LogP contribution in [0.4, 0.5) is 0 Å². The molecule has 0 saturated carbocycles. The number of hydrogen-bond acceptors (Lipinski definition) is 2. The number of rotatable bonds is 8. The third-order valence-corrected chi connectivity index (χ3v) is 3.01. The van der Waals surface area contributed by atoms with Crippen LogP contribution < -0.4 is 5.32 Å². The molecule has 0 amide bonds. The van der Waals surface area contributed by atoms with Gasteiger partial charge in [-0.3, -0.25) is 4.99 Å². The molecule has 1 rings (SSSR count). The third-order valence-electron chi connectivity index (χ3n) is 3.01. The molecule has 0 aliphatic heterocycles. The van der Waals surface area contributed by atoms with Crippen LogP contribution in [0, 0.1) is 0 Å². The first kappa shape index (κ1) is 16.5. The summed E-state index contributed by atoms with van der Waals surface area (Å²) < 4.78 is 5.53. The summed E-state index contributed by atoms with van der Waals surface area (Å²) >= 11 is 0. The quantitative estimate of drug-likeness (QED) is 0.451. The van der Waals surface area contributed by atoms with Gasteiger partial charge in [0.05, 0.1) is 6.61 Å². The zero-order valence-corrected chi connectivity index (χ0v) is 12.9. The van der Waals surface area contributed by atoms with Gasteiger partial charge in [-0.1, -0.05) is 43.7 Å². The highest BCUT2D eigenvalue weighted by atomic mass is 16.5. The van der Waals surface area contributed by atoms with Crippen LogP contribution in [0.5, 0.6) is 0 Å². The number of nitrogens with zero attached hydrogens (tertiary/aromatic N) is 2. The molecule has 1 aromatic rings. The van der Waals surface area contributed by atoms with E-state index in [9.17, 15) is 0 Å². The average molecular weight is 277 g/mol. The number of unbranched alkanes of at least 4 members (excludes halogenated alkanes) is 1. The van der Waals surface area contributed by atoms with Crippen molar-refractivity contribution in [2.75, 3.05) is 33.9 Å². The Labute approximate surface area is 122 Å². The zero-order chi connectivity index (χ0) is 14.6. The van der Waals surface area contributed by atoms with E-state index in [2.05, 4.69) is 46.4 Å². The van der Waals surface area contributed by atoms with Crippen LogP contribution >= 0.6 is 0 Å². The summed E-state index contributed by atoms with van der Waals surface area (Å²) in [5, 5.41) is 3.32. The van der Waals surface area contributed by atoms with Crippen molar-refractivity contribution in [3.63, 3.8) is 0 Å². The Kier molecular flexibility index (Phi) is 8.47. The number of nitrogens with one attached hydrogen (secondary N) is 1. The summed E-state index contributed by atoms with van der Waals surface area (Å²) in [6, 6.07) is 10.4. The van der Waals surface area contributed by atoms with Crippen LogP contribution in [0.1, 0.15) is 25.3 Å². The smallest absolute Gasteiger partial charge is 0.193 e. The highest BCUT2D eigenvalue weighted by molar-refractivity contribution is 5.79. The van der Waals surface area contributed by atoms with Crippen LogP contribution in [0.25, 0.3) is 0 Å². The van der Waals surface area contributed by atoms with Gasteiger partial charge in [-0.2, -0.15) is 0 Å². The standard InChI is InChI=1S/C16H27N3O/c1-4-5-12-20-13-11-18-16(17-2)19(3)14-15-9-7-6-8-10-15/h6-10H,4-5,11-14H2,1-3H3,(H,17,18). The fourth-order valence-electron chi connectivity index (χ4n) is 1.90. The third kappa shape index (κ3) is 6.57. The van der Waals surface area contributed by atoms with Crippen LogP contribution in [-0.2, 0) is 11.3 Å². The van der Waals surface area contributed by atoms with E-state index in [1.807, 2.05) is 20.2 Å². The molecule has 4 heteroatoms. The SMILES string of the molecule is CCCCOCCNC(=NC)N(C)Cc1ccccc1. The molecule has 0 aromatic heterocycles. The minimum atomic E-state index is 0.720. The highest BCUT2D eigenvalue weighted by Crippen LogP contribution is 2.02. The molecule has 4 nitrogen and oxygen atoms in total. The molecule has 0 saturated heterocycles. The van der Waals surface area contributed by atoms with Gasteiger partial charge in [0.15, 0.2) is 5.96 Å². The summed E-state index contributed by atoms with van der Waals surface area (Å²) in [6.07, 6.45) is 2.30. The minimum absolute atomic E-state index is 0.720. The zero-order valence-electron chi connectivity index (χ0n) is 12.9. The van der Waals surface area contributed by atoms with Gasteiger partial charge < -0.3 is 15.0 Å². The molecule has 1 aromatic carbocycles. The molecule has 112 valence electrons. The van der Waals surface area contributed by atoms with Crippen molar-refractivity contribution >= 4 is 5.96 Å². The lowest BCUT2D eigenvalue weighted by Crippen LogP contribution is -2.39. The Morgan fingerprint density at radius 2 is 2.00 bits per heavy atom. The van der Waals surface area contributed by atoms with Crippen molar-refractivity contribution in [2.45, 2.75) is 26.3 Å². The Hall–Kier alpha value is -1.55. The van der Waals surface area contributed by atoms with Crippen LogP contribution in [-0.4, -0.2) is 44.7 Å². The van der Waals surface area contributed by atoms with E-state index in [1.165, 1.54) is 12.0 Å². The average Bonchev–Trinajstić information content (AvgIpc) is 2.47. The lowest BCUT2D eigenvalue weighted by Gasteiger charge is -2.22. The van der Waals surface area contributed by atoms with Gasteiger partial charge in [-0.15, -0.1) is 0 Å². The van der Waals surface area contributed by atoms with E-state index in [0.717, 1.165) is 38.7 Å². The Morgan fingerprint density at radius 3 is 2.65 bits per heavy atom. The van der Waals surface area contributed by atoms with Gasteiger partial charge in [-0.05, 0) is 12.0 Å². The van der Waals surface area contributed by atoms with Gasteiger partial charge in [0.1, 0.15) is 0 Å². The molecule has 0 spiro atoms. The molecule has 0 unspecified atom stereocenters. The van der Waals surface area contributed by atoms with Gasteiger partial charge in [-0.25, -0.2) is 0 Å². The number of ether oxygens (including phenoxy) is 1. The largest absolute Gasteiger partial charge is 0.380 e. The predicted octanol–water partition coefficient (Wildman–Crippen LogP) is 2.51. The van der Waals surface area contributed by atoms with Gasteiger partial charge in [0.25, 0.3) is 0 Å². The van der Waals surface area contributed by atoms with Crippen molar-refractivity contribution < 1.29 is 4.74 Å². The summed E-state index contributed by atoms with van der Waals surface area (Å²) in [4.78, 5) is 6.41. The van der Waals surface area contributed by atoms with Crippen molar-refractivity contribution in [3.05, 3.63) is 35.9 Å². The molecular formula is C16H27N3O. The normalized spacial score (nSPS) is 11.4. The Morgan fingerprint density at radius 1 is 1.25 bits per heavy atom. The van der Waals surface area contributed by atoms with Crippen LogP contribution in [0.2, 0.25) is 0 Å². The van der Waals surface area contributed by atoms with E-state index in [0.29, 0.717) is 0 Å². The Balaban J connectivity index is 2.27. The van der Waals surface area contributed by atoms with E-state index in [-0.39, 0.29) is 0 Å². The maximum absolute atomic E-state index is 5.53. The maximum atomic E-state index is 5.53. The molecule has 0 bridgehead atoms. The number of hydrogen-bond donors (Lipinski definition) is 1. The first-order chi connectivity index (χ1) is 9.77. The maximum Gasteiger partial charge on any atom is 0.193 e. The molecule has 0 aliphatic rings. The molecule has 1 N–H and O–H groups in total. The summed E-state index contributed by atoms with van der Waals surface area (Å²) in [5.74, 6) is 0.896. The molecule has 0 fully saturated rings. The fourth-order valence-corrected chi connectivity index (χ4v) is 1.90. The molecule has 0 aliphatic carbocycles. The molecule has 0 radical (unpaired) electrons.